The van der Waals surface area contributed by atoms with Gasteiger partial charge in [-0.3, -0.25) is 9.78 Å². The fourth-order valence-corrected chi connectivity index (χ4v) is 2.57. The molecule has 0 aliphatic rings. The molecule has 0 aliphatic carbocycles. The maximum atomic E-state index is 13.0. The molecule has 3 rings (SSSR count). The molecular formula is C18H13ClF3N3O. The van der Waals surface area contributed by atoms with Gasteiger partial charge in [0.25, 0.3) is 5.56 Å². The molecule has 8 heteroatoms. The highest BCUT2D eigenvalue weighted by Crippen LogP contribution is 2.36. The van der Waals surface area contributed by atoms with Crippen LogP contribution in [-0.2, 0) is 6.18 Å². The maximum Gasteiger partial charge on any atom is 0.417 e. The lowest BCUT2D eigenvalue weighted by Crippen LogP contribution is -2.11. The number of aromatic amines is 1. The predicted octanol–water partition coefficient (Wildman–Crippen LogP) is 5.16. The zero-order valence-corrected chi connectivity index (χ0v) is 14.2. The van der Waals surface area contributed by atoms with Crippen molar-refractivity contribution in [2.24, 2.45) is 0 Å². The number of nitrogens with one attached hydrogen (secondary N) is 2. The van der Waals surface area contributed by atoms with Gasteiger partial charge in [0.1, 0.15) is 0 Å². The fraction of sp³-hybridized carbons (Fsp3) is 0.111. The number of aryl methyl sites for hydroxylation is 1. The van der Waals surface area contributed by atoms with Gasteiger partial charge in [-0.25, -0.2) is 4.98 Å². The van der Waals surface area contributed by atoms with E-state index in [4.69, 9.17) is 11.6 Å². The molecular weight excluding hydrogens is 367 g/mol. The maximum absolute atomic E-state index is 13.0. The first-order valence-electron chi connectivity index (χ1n) is 7.54. The molecule has 0 radical (unpaired) electrons. The van der Waals surface area contributed by atoms with Gasteiger partial charge in [0, 0.05) is 17.3 Å². The van der Waals surface area contributed by atoms with E-state index >= 15 is 0 Å². The lowest BCUT2D eigenvalue weighted by molar-refractivity contribution is -0.137. The van der Waals surface area contributed by atoms with Crippen LogP contribution < -0.4 is 10.9 Å². The van der Waals surface area contributed by atoms with Gasteiger partial charge in [0.05, 0.1) is 16.3 Å². The van der Waals surface area contributed by atoms with Crippen molar-refractivity contribution in [3.63, 3.8) is 0 Å². The van der Waals surface area contributed by atoms with E-state index in [1.165, 1.54) is 12.1 Å². The summed E-state index contributed by atoms with van der Waals surface area (Å²) in [6, 6.07) is 12.1. The van der Waals surface area contributed by atoms with E-state index in [-0.39, 0.29) is 11.6 Å². The molecule has 0 amide bonds. The van der Waals surface area contributed by atoms with Crippen LogP contribution in [0.4, 0.5) is 24.8 Å². The smallest absolute Gasteiger partial charge is 0.326 e. The molecule has 0 bridgehead atoms. The number of anilines is 2. The predicted molar refractivity (Wildman–Crippen MR) is 94.8 cm³/mol. The number of aromatic nitrogens is 2. The average Bonchev–Trinajstić information content (AvgIpc) is 2.56. The molecule has 0 atom stereocenters. The largest absolute Gasteiger partial charge is 0.417 e. The zero-order chi connectivity index (χ0) is 18.9. The summed E-state index contributed by atoms with van der Waals surface area (Å²) in [5, 5.41) is 2.28. The Morgan fingerprint density at radius 2 is 1.77 bits per heavy atom. The Hall–Kier alpha value is -2.80. The first-order valence-corrected chi connectivity index (χ1v) is 7.92. The van der Waals surface area contributed by atoms with E-state index in [0.717, 1.165) is 23.3 Å². The molecule has 1 aromatic heterocycles. The lowest BCUT2D eigenvalue weighted by atomic mass is 10.1. The lowest BCUT2D eigenvalue weighted by Gasteiger charge is -2.12. The van der Waals surface area contributed by atoms with E-state index in [0.29, 0.717) is 5.69 Å². The monoisotopic (exact) mass is 379 g/mol. The Bertz CT molecular complexity index is 998. The summed E-state index contributed by atoms with van der Waals surface area (Å²) in [4.78, 5) is 18.6. The van der Waals surface area contributed by atoms with E-state index in [1.54, 1.807) is 0 Å². The Morgan fingerprint density at radius 1 is 1.08 bits per heavy atom. The number of nitrogens with zero attached hydrogens (tertiary/aromatic N) is 1. The van der Waals surface area contributed by atoms with Crippen molar-refractivity contribution >= 4 is 23.2 Å². The summed E-state index contributed by atoms with van der Waals surface area (Å²) in [6.45, 7) is 1.93. The third-order valence-corrected chi connectivity index (χ3v) is 3.95. The quantitative estimate of drug-likeness (QED) is 0.660. The van der Waals surface area contributed by atoms with Crippen molar-refractivity contribution in [2.45, 2.75) is 13.1 Å². The molecule has 26 heavy (non-hydrogen) atoms. The highest BCUT2D eigenvalue weighted by molar-refractivity contribution is 6.31. The van der Waals surface area contributed by atoms with Crippen molar-refractivity contribution in [3.8, 4) is 11.3 Å². The van der Waals surface area contributed by atoms with Gasteiger partial charge >= 0.3 is 6.18 Å². The molecule has 2 aromatic carbocycles. The van der Waals surface area contributed by atoms with Gasteiger partial charge in [-0.1, -0.05) is 41.4 Å². The standard InChI is InChI=1S/C18H13ClF3N3O/c1-10-2-4-11(5-3-10)15-9-16(26)25-17(24-15)23-12-6-7-14(19)13(8-12)18(20,21)22/h2-9H,1H3,(H2,23,24,25,26). The van der Waals surface area contributed by atoms with Gasteiger partial charge in [-0.2, -0.15) is 13.2 Å². The number of benzene rings is 2. The minimum atomic E-state index is -4.58. The minimum absolute atomic E-state index is 0.0310. The Balaban J connectivity index is 1.96. The van der Waals surface area contributed by atoms with Crippen LogP contribution in [0.25, 0.3) is 11.3 Å². The first kappa shape index (κ1) is 18.0. The molecule has 0 saturated carbocycles. The third-order valence-electron chi connectivity index (χ3n) is 3.62. The van der Waals surface area contributed by atoms with Crippen LogP contribution in [0.2, 0.25) is 5.02 Å². The number of rotatable bonds is 3. The highest BCUT2D eigenvalue weighted by Gasteiger charge is 2.33. The Kier molecular flexibility index (Phi) is 4.73. The molecule has 0 saturated heterocycles. The number of H-pyrrole nitrogens is 1. The summed E-state index contributed by atoms with van der Waals surface area (Å²) in [7, 11) is 0. The van der Waals surface area contributed by atoms with Gasteiger partial charge in [0.15, 0.2) is 0 Å². The molecule has 0 aliphatic heterocycles. The number of hydrogen-bond donors (Lipinski definition) is 2. The van der Waals surface area contributed by atoms with Gasteiger partial charge < -0.3 is 5.32 Å². The van der Waals surface area contributed by atoms with Gasteiger partial charge in [-0.05, 0) is 25.1 Å². The molecule has 1 heterocycles. The van der Waals surface area contributed by atoms with Crippen LogP contribution in [-0.4, -0.2) is 9.97 Å². The van der Waals surface area contributed by atoms with E-state index in [2.05, 4.69) is 15.3 Å². The molecule has 0 fully saturated rings. The molecule has 134 valence electrons. The van der Waals surface area contributed by atoms with E-state index < -0.39 is 22.3 Å². The first-order chi connectivity index (χ1) is 12.2. The Morgan fingerprint density at radius 3 is 2.42 bits per heavy atom. The van der Waals surface area contributed by atoms with Crippen LogP contribution in [0.3, 0.4) is 0 Å². The van der Waals surface area contributed by atoms with Crippen molar-refractivity contribution < 1.29 is 13.2 Å². The second kappa shape index (κ2) is 6.84. The molecule has 3 aromatic rings. The summed E-state index contributed by atoms with van der Waals surface area (Å²) in [6.07, 6.45) is -4.58. The molecule has 0 unspecified atom stereocenters. The number of alkyl halides is 3. The van der Waals surface area contributed by atoms with Crippen LogP contribution >= 0.6 is 11.6 Å². The normalized spacial score (nSPS) is 11.4. The fourth-order valence-electron chi connectivity index (χ4n) is 2.35. The van der Waals surface area contributed by atoms with Crippen molar-refractivity contribution in [1.29, 1.82) is 0 Å². The summed E-state index contributed by atoms with van der Waals surface area (Å²) in [5.41, 5.74) is 0.881. The summed E-state index contributed by atoms with van der Waals surface area (Å²) in [5.74, 6) is 0.0310. The topological polar surface area (TPSA) is 57.8 Å². The molecule has 4 nitrogen and oxygen atoms in total. The molecule has 2 N–H and O–H groups in total. The van der Waals surface area contributed by atoms with Crippen LogP contribution in [0, 0.1) is 6.92 Å². The van der Waals surface area contributed by atoms with Crippen molar-refractivity contribution in [3.05, 3.63) is 75.0 Å². The minimum Gasteiger partial charge on any atom is -0.326 e. The third kappa shape index (κ3) is 4.05. The summed E-state index contributed by atoms with van der Waals surface area (Å²) >= 11 is 5.61. The van der Waals surface area contributed by atoms with Gasteiger partial charge in [0.2, 0.25) is 5.95 Å². The van der Waals surface area contributed by atoms with E-state index in [9.17, 15) is 18.0 Å². The van der Waals surface area contributed by atoms with Crippen molar-refractivity contribution in [2.75, 3.05) is 5.32 Å². The van der Waals surface area contributed by atoms with Crippen LogP contribution in [0.5, 0.6) is 0 Å². The van der Waals surface area contributed by atoms with E-state index in [1.807, 2.05) is 31.2 Å². The average molecular weight is 380 g/mol. The van der Waals surface area contributed by atoms with Crippen LogP contribution in [0.15, 0.2) is 53.3 Å². The highest BCUT2D eigenvalue weighted by atomic mass is 35.5. The Labute approximate surface area is 151 Å². The number of hydrogen-bond acceptors (Lipinski definition) is 3. The second-order valence-corrected chi connectivity index (χ2v) is 6.07. The summed E-state index contributed by atoms with van der Waals surface area (Å²) < 4.78 is 38.9. The van der Waals surface area contributed by atoms with Crippen molar-refractivity contribution in [1.82, 2.24) is 9.97 Å². The van der Waals surface area contributed by atoms with Gasteiger partial charge in [-0.15, -0.1) is 0 Å². The van der Waals surface area contributed by atoms with Crippen LogP contribution in [0.1, 0.15) is 11.1 Å². The second-order valence-electron chi connectivity index (χ2n) is 5.66. The molecule has 0 spiro atoms. The zero-order valence-electron chi connectivity index (χ0n) is 13.5. The number of halogens is 4. The SMILES string of the molecule is Cc1ccc(-c2cc(=O)[nH]c(Nc3ccc(Cl)c(C(F)(F)F)c3)n2)cc1.